The first-order valence-electron chi connectivity index (χ1n) is 9.64. The molecule has 0 radical (unpaired) electrons. The van der Waals surface area contributed by atoms with Crippen molar-refractivity contribution >= 4 is 28.7 Å². The number of pyridine rings is 1. The number of rotatable bonds is 6. The first kappa shape index (κ1) is 21.3. The number of thiazole rings is 1. The lowest BCUT2D eigenvalue weighted by molar-refractivity contribution is -0.384. The number of aryl methyl sites for hydroxylation is 2. The van der Waals surface area contributed by atoms with Crippen molar-refractivity contribution in [2.75, 3.05) is 0 Å². The van der Waals surface area contributed by atoms with Crippen LogP contribution in [0.15, 0.2) is 60.1 Å². The number of benzene rings is 1. The minimum atomic E-state index is -1.00. The molecule has 3 aromatic rings. The Balaban J connectivity index is 1.85. The van der Waals surface area contributed by atoms with E-state index in [9.17, 15) is 24.8 Å². The van der Waals surface area contributed by atoms with Crippen molar-refractivity contribution in [3.8, 4) is 0 Å². The summed E-state index contributed by atoms with van der Waals surface area (Å²) in [4.78, 5) is 47.2. The SMILES string of the molecule is Cc1nc(C)c(C(=O)C2=C(O)C(=O)N(Cc3cccnc3)[C@@H]2c2cccc([N+](=O)[O-])c2)s1. The van der Waals surface area contributed by atoms with Crippen LogP contribution < -0.4 is 0 Å². The molecule has 4 rings (SSSR count). The highest BCUT2D eigenvalue weighted by molar-refractivity contribution is 7.14. The van der Waals surface area contributed by atoms with Gasteiger partial charge in [0.1, 0.15) is 0 Å². The van der Waals surface area contributed by atoms with Crippen molar-refractivity contribution in [2.45, 2.75) is 26.4 Å². The van der Waals surface area contributed by atoms with Gasteiger partial charge in [-0.2, -0.15) is 0 Å². The van der Waals surface area contributed by atoms with Crippen LogP contribution in [0, 0.1) is 24.0 Å². The van der Waals surface area contributed by atoms with E-state index in [1.165, 1.54) is 34.4 Å². The van der Waals surface area contributed by atoms with Gasteiger partial charge in [-0.25, -0.2) is 4.98 Å². The highest BCUT2D eigenvalue weighted by Crippen LogP contribution is 2.41. The molecule has 1 aliphatic rings. The molecule has 32 heavy (non-hydrogen) atoms. The smallest absolute Gasteiger partial charge is 0.290 e. The van der Waals surface area contributed by atoms with Gasteiger partial charge in [-0.1, -0.05) is 18.2 Å². The highest BCUT2D eigenvalue weighted by atomic mass is 32.1. The maximum atomic E-state index is 13.5. The summed E-state index contributed by atoms with van der Waals surface area (Å²) in [5, 5.41) is 22.8. The average Bonchev–Trinajstić information content (AvgIpc) is 3.24. The second kappa shape index (κ2) is 8.31. The molecule has 0 fully saturated rings. The van der Waals surface area contributed by atoms with Gasteiger partial charge in [0.2, 0.25) is 5.78 Å². The molecule has 0 bridgehead atoms. The van der Waals surface area contributed by atoms with Crippen molar-refractivity contribution in [3.05, 3.63) is 96.9 Å². The number of ketones is 1. The van der Waals surface area contributed by atoms with Crippen molar-refractivity contribution in [3.63, 3.8) is 0 Å². The Morgan fingerprint density at radius 1 is 1.28 bits per heavy atom. The van der Waals surface area contributed by atoms with Crippen LogP contribution in [0.5, 0.6) is 0 Å². The summed E-state index contributed by atoms with van der Waals surface area (Å²) >= 11 is 1.17. The summed E-state index contributed by atoms with van der Waals surface area (Å²) in [5.41, 5.74) is 1.23. The number of hydrogen-bond donors (Lipinski definition) is 1. The van der Waals surface area contributed by atoms with Gasteiger partial charge >= 0.3 is 0 Å². The zero-order chi connectivity index (χ0) is 23.0. The van der Waals surface area contributed by atoms with Crippen LogP contribution in [0.1, 0.15) is 37.5 Å². The van der Waals surface area contributed by atoms with E-state index in [1.54, 1.807) is 44.4 Å². The summed E-state index contributed by atoms with van der Waals surface area (Å²) in [6, 6.07) is 8.19. The van der Waals surface area contributed by atoms with E-state index in [-0.39, 0.29) is 17.8 Å². The van der Waals surface area contributed by atoms with Gasteiger partial charge in [-0.15, -0.1) is 11.3 Å². The van der Waals surface area contributed by atoms with Crippen molar-refractivity contribution in [2.24, 2.45) is 0 Å². The van der Waals surface area contributed by atoms with Crippen LogP contribution >= 0.6 is 11.3 Å². The third kappa shape index (κ3) is 3.76. The number of Topliss-reactive ketones (excluding diaryl/α,β-unsaturated/α-hetero) is 1. The number of amides is 1. The zero-order valence-electron chi connectivity index (χ0n) is 17.2. The molecular formula is C22H18N4O5S. The number of nitro groups is 1. The van der Waals surface area contributed by atoms with Crippen LogP contribution in [0.2, 0.25) is 0 Å². The van der Waals surface area contributed by atoms with Crippen LogP contribution in [0.3, 0.4) is 0 Å². The Morgan fingerprint density at radius 2 is 2.06 bits per heavy atom. The first-order valence-corrected chi connectivity index (χ1v) is 10.5. The first-order chi connectivity index (χ1) is 15.3. The molecule has 1 N–H and O–H groups in total. The molecule has 1 aliphatic heterocycles. The summed E-state index contributed by atoms with van der Waals surface area (Å²) in [6.45, 7) is 3.50. The number of carbonyl (C=O) groups is 2. The molecule has 0 unspecified atom stereocenters. The number of non-ortho nitro benzene ring substituents is 1. The Bertz CT molecular complexity index is 1270. The summed E-state index contributed by atoms with van der Waals surface area (Å²) in [5.74, 6) is -1.92. The van der Waals surface area contributed by atoms with E-state index in [0.717, 1.165) is 0 Å². The van der Waals surface area contributed by atoms with Crippen LogP contribution in [0.4, 0.5) is 5.69 Å². The van der Waals surface area contributed by atoms with E-state index in [1.807, 2.05) is 0 Å². The molecule has 10 heteroatoms. The number of aromatic nitrogens is 2. The standard InChI is InChI=1S/C22H18N4O5S/c1-12-21(32-13(2)24-12)19(27)17-18(15-6-3-7-16(9-15)26(30)31)25(22(29)20(17)28)11-14-5-4-8-23-10-14/h3-10,18,28H,11H2,1-2H3/t18-/m1/s1. The Hall–Kier alpha value is -3.92. The quantitative estimate of drug-likeness (QED) is 0.343. The second-order valence-electron chi connectivity index (χ2n) is 7.29. The van der Waals surface area contributed by atoms with Gasteiger partial charge in [-0.3, -0.25) is 24.7 Å². The minimum absolute atomic E-state index is 0.0571. The van der Waals surface area contributed by atoms with E-state index >= 15 is 0 Å². The fraction of sp³-hybridized carbons (Fsp3) is 0.182. The van der Waals surface area contributed by atoms with Gasteiger partial charge in [0, 0.05) is 31.1 Å². The maximum Gasteiger partial charge on any atom is 0.290 e. The lowest BCUT2D eigenvalue weighted by atomic mass is 9.94. The van der Waals surface area contributed by atoms with Gasteiger partial charge in [0.15, 0.2) is 5.76 Å². The van der Waals surface area contributed by atoms with Crippen molar-refractivity contribution in [1.82, 2.24) is 14.9 Å². The summed E-state index contributed by atoms with van der Waals surface area (Å²) in [6.07, 6.45) is 3.16. The molecule has 1 amide bonds. The third-order valence-electron chi connectivity index (χ3n) is 5.13. The van der Waals surface area contributed by atoms with E-state index < -0.39 is 28.4 Å². The van der Waals surface area contributed by atoms with E-state index in [2.05, 4.69) is 9.97 Å². The van der Waals surface area contributed by atoms with Crippen LogP contribution in [0.25, 0.3) is 0 Å². The second-order valence-corrected chi connectivity index (χ2v) is 8.49. The Labute approximate surface area is 186 Å². The number of carbonyl (C=O) groups excluding carboxylic acids is 2. The molecule has 0 saturated heterocycles. The van der Waals surface area contributed by atoms with Gasteiger partial charge in [0.25, 0.3) is 11.6 Å². The van der Waals surface area contributed by atoms with Gasteiger partial charge < -0.3 is 10.0 Å². The number of nitrogens with zero attached hydrogens (tertiary/aromatic N) is 4. The molecule has 2 aromatic heterocycles. The predicted octanol–water partition coefficient (Wildman–Crippen LogP) is 3.84. The topological polar surface area (TPSA) is 127 Å². The lowest BCUT2D eigenvalue weighted by Gasteiger charge is -2.26. The number of hydrogen-bond acceptors (Lipinski definition) is 8. The number of nitro benzene ring substituents is 1. The van der Waals surface area contributed by atoms with Gasteiger partial charge in [0.05, 0.1) is 32.1 Å². The van der Waals surface area contributed by atoms with E-state index in [4.69, 9.17) is 0 Å². The lowest BCUT2D eigenvalue weighted by Crippen LogP contribution is -2.30. The van der Waals surface area contributed by atoms with Crippen LogP contribution in [-0.4, -0.2) is 36.6 Å². The molecule has 162 valence electrons. The zero-order valence-corrected chi connectivity index (χ0v) is 18.0. The molecule has 1 atom stereocenters. The number of aliphatic hydroxyl groups excluding tert-OH is 1. The minimum Gasteiger partial charge on any atom is -0.503 e. The molecule has 3 heterocycles. The Kier molecular flexibility index (Phi) is 5.54. The maximum absolute atomic E-state index is 13.5. The fourth-order valence-electron chi connectivity index (χ4n) is 3.76. The predicted molar refractivity (Wildman–Crippen MR) is 116 cm³/mol. The van der Waals surface area contributed by atoms with E-state index in [0.29, 0.717) is 26.7 Å². The monoisotopic (exact) mass is 450 g/mol. The Morgan fingerprint density at radius 3 is 2.69 bits per heavy atom. The molecule has 0 aliphatic carbocycles. The number of aliphatic hydroxyl groups is 1. The third-order valence-corrected chi connectivity index (χ3v) is 6.20. The van der Waals surface area contributed by atoms with Crippen LogP contribution in [-0.2, 0) is 11.3 Å². The molecular weight excluding hydrogens is 432 g/mol. The molecule has 0 saturated carbocycles. The van der Waals surface area contributed by atoms with Crippen molar-refractivity contribution < 1.29 is 19.6 Å². The van der Waals surface area contributed by atoms with Gasteiger partial charge in [-0.05, 0) is 31.0 Å². The summed E-state index contributed by atoms with van der Waals surface area (Å²) < 4.78 is 0. The molecule has 9 nitrogen and oxygen atoms in total. The molecule has 1 aromatic carbocycles. The fourth-order valence-corrected chi connectivity index (χ4v) is 4.63. The van der Waals surface area contributed by atoms with Crippen molar-refractivity contribution in [1.29, 1.82) is 0 Å². The average molecular weight is 450 g/mol. The normalized spacial score (nSPS) is 16.0. The highest BCUT2D eigenvalue weighted by Gasteiger charge is 2.44. The summed E-state index contributed by atoms with van der Waals surface area (Å²) in [7, 11) is 0. The largest absolute Gasteiger partial charge is 0.503 e. The molecule has 0 spiro atoms.